The van der Waals surface area contributed by atoms with E-state index >= 15 is 0 Å². The molecule has 0 spiro atoms. The molecule has 1 heterocycles. The van der Waals surface area contributed by atoms with E-state index in [4.69, 9.17) is 0 Å². The van der Waals surface area contributed by atoms with E-state index in [1.165, 1.54) is 21.9 Å². The van der Waals surface area contributed by atoms with E-state index in [1.807, 2.05) is 16.9 Å². The van der Waals surface area contributed by atoms with Crippen LogP contribution in [0.4, 0.5) is 0 Å². The molecule has 0 atom stereocenters. The maximum Gasteiger partial charge on any atom is 4.00 e. The predicted octanol–water partition coefficient (Wildman–Crippen LogP) is -0.254. The zero-order chi connectivity index (χ0) is 17.6. The Bertz CT molecular complexity index is 1020. The molecule has 4 aromatic carbocycles. The first-order valence-corrected chi connectivity index (χ1v) is 8.78. The van der Waals surface area contributed by atoms with Crippen LogP contribution in [-0.4, -0.2) is 9.78 Å². The molecule has 5 rings (SSSR count). The van der Waals surface area contributed by atoms with E-state index < -0.39 is 0 Å². The Labute approximate surface area is 203 Å². The minimum Gasteiger partial charge on any atom is -1.00 e. The van der Waals surface area contributed by atoms with Gasteiger partial charge in [-0.15, -0.1) is 41.1 Å². The zero-order valence-corrected chi connectivity index (χ0v) is 19.7. The van der Waals surface area contributed by atoms with Crippen molar-refractivity contribution in [1.82, 2.24) is 9.78 Å². The fourth-order valence-electron chi connectivity index (χ4n) is 3.05. The fraction of sp³-hybridized carbons (Fsp3) is 0.0417. The molecule has 1 aromatic heterocycles. The Hall–Kier alpha value is -1.93. The summed E-state index contributed by atoms with van der Waals surface area (Å²) >= 11 is 0. The van der Waals surface area contributed by atoms with Crippen LogP contribution in [0.5, 0.6) is 0 Å². The number of nitrogens with zero attached hydrogens (tertiary/aromatic N) is 2. The van der Waals surface area contributed by atoms with Gasteiger partial charge in [0.2, 0.25) is 0 Å². The number of benzene rings is 2. The molecule has 0 amide bonds. The first kappa shape index (κ1) is 25.1. The molecule has 5 aromatic rings. The summed E-state index contributed by atoms with van der Waals surface area (Å²) in [5.41, 5.74) is 3.89. The van der Waals surface area contributed by atoms with Gasteiger partial charge in [0.15, 0.2) is 0 Å². The Morgan fingerprint density at radius 2 is 1.52 bits per heavy atom. The second kappa shape index (κ2) is 12.6. The van der Waals surface area contributed by atoms with Crippen molar-refractivity contribution in [3.05, 3.63) is 121 Å². The van der Waals surface area contributed by atoms with Crippen molar-refractivity contribution in [2.75, 3.05) is 0 Å². The summed E-state index contributed by atoms with van der Waals surface area (Å²) in [4.78, 5) is 0. The summed E-state index contributed by atoms with van der Waals surface area (Å²) in [6.07, 6.45) is 4.79. The molecule has 0 saturated carbocycles. The van der Waals surface area contributed by atoms with Crippen molar-refractivity contribution in [3.63, 3.8) is 0 Å². The molecule has 0 N–H and O–H groups in total. The second-order valence-corrected chi connectivity index (χ2v) is 6.25. The Kier molecular flexibility index (Phi) is 10.9. The van der Waals surface area contributed by atoms with Crippen molar-refractivity contribution < 1.29 is 51.0 Å². The van der Waals surface area contributed by atoms with Crippen LogP contribution in [0.2, 0.25) is 0 Å². The van der Waals surface area contributed by atoms with Gasteiger partial charge in [-0.3, -0.25) is 4.68 Å². The Balaban J connectivity index is 0.000000266. The summed E-state index contributed by atoms with van der Waals surface area (Å²) in [6, 6.07) is 33.6. The van der Waals surface area contributed by atoms with Crippen LogP contribution in [0.1, 0.15) is 11.1 Å². The first-order valence-electron chi connectivity index (χ1n) is 8.78. The van der Waals surface area contributed by atoms with E-state index in [0.29, 0.717) is 0 Å². The third kappa shape index (κ3) is 6.82. The smallest absolute Gasteiger partial charge is 1.00 e. The first-order chi connectivity index (χ1) is 12.9. The molecule has 0 aliphatic rings. The molecule has 0 bridgehead atoms. The average Bonchev–Trinajstić information content (AvgIpc) is 3.44. The fourth-order valence-corrected chi connectivity index (χ4v) is 3.05. The Morgan fingerprint density at radius 3 is 2.17 bits per heavy atom. The topological polar surface area (TPSA) is 17.8 Å². The predicted molar refractivity (Wildman–Crippen MR) is 108 cm³/mol. The molecular weight excluding hydrogens is 478 g/mol. The third-order valence-corrected chi connectivity index (χ3v) is 4.35. The minimum absolute atomic E-state index is 0. The van der Waals surface area contributed by atoms with Crippen LogP contribution in [0.15, 0.2) is 109 Å². The SMILES string of the molecule is [Cl-].[Cl-].[Zr+4].c1ccc(C[c-]2cccc2)cc1.c1ccc2[cH-]c(-n3cccn3)cc2c1. The van der Waals surface area contributed by atoms with Crippen molar-refractivity contribution in [1.29, 1.82) is 0 Å². The molecule has 29 heavy (non-hydrogen) atoms. The van der Waals surface area contributed by atoms with Crippen LogP contribution in [-0.2, 0) is 32.6 Å². The number of halogens is 2. The molecule has 0 aliphatic carbocycles. The van der Waals surface area contributed by atoms with Crippen LogP contribution in [0.25, 0.3) is 16.5 Å². The summed E-state index contributed by atoms with van der Waals surface area (Å²) in [5, 5.41) is 6.72. The van der Waals surface area contributed by atoms with E-state index in [-0.39, 0.29) is 51.0 Å². The van der Waals surface area contributed by atoms with Crippen LogP contribution in [0.3, 0.4) is 0 Å². The number of rotatable bonds is 3. The standard InChI is InChI=1S/C12H9N2.C12H11.2ClH.Zr/c1-2-5-11-9-12(8-10(11)4-1)14-7-3-6-13-14;1-2-6-11(7-3-1)10-12-8-4-5-9-12;;;/h1-9H;1-9H,10H2;2*1H;/q2*-1;;;+4/p-2. The van der Waals surface area contributed by atoms with Gasteiger partial charge >= 0.3 is 26.2 Å². The van der Waals surface area contributed by atoms with E-state index in [1.54, 1.807) is 6.20 Å². The summed E-state index contributed by atoms with van der Waals surface area (Å²) < 4.78 is 1.88. The summed E-state index contributed by atoms with van der Waals surface area (Å²) in [5.74, 6) is 0. The van der Waals surface area contributed by atoms with Crippen molar-refractivity contribution in [2.24, 2.45) is 0 Å². The van der Waals surface area contributed by atoms with Crippen molar-refractivity contribution >= 4 is 10.8 Å². The quantitative estimate of drug-likeness (QED) is 0.314. The van der Waals surface area contributed by atoms with Gasteiger partial charge in [0.1, 0.15) is 0 Å². The molecule has 2 nitrogen and oxygen atoms in total. The van der Waals surface area contributed by atoms with Crippen LogP contribution < -0.4 is 24.8 Å². The summed E-state index contributed by atoms with van der Waals surface area (Å²) in [6.45, 7) is 0. The monoisotopic (exact) mass is 496 g/mol. The molecule has 144 valence electrons. The number of hydrogen-bond donors (Lipinski definition) is 0. The van der Waals surface area contributed by atoms with E-state index in [0.717, 1.165) is 12.1 Å². The maximum atomic E-state index is 4.20. The molecular formula is C24H20Cl2N2Zr. The van der Waals surface area contributed by atoms with Crippen LogP contribution >= 0.6 is 0 Å². The molecule has 0 fully saturated rings. The van der Waals surface area contributed by atoms with Crippen LogP contribution in [0, 0.1) is 0 Å². The largest absolute Gasteiger partial charge is 4.00 e. The van der Waals surface area contributed by atoms with Crippen molar-refractivity contribution in [2.45, 2.75) is 6.42 Å². The van der Waals surface area contributed by atoms with Gasteiger partial charge in [0, 0.05) is 12.4 Å². The molecule has 0 aliphatic heterocycles. The molecule has 5 heteroatoms. The van der Waals surface area contributed by atoms with Gasteiger partial charge in [0.25, 0.3) is 0 Å². The number of aromatic nitrogens is 2. The van der Waals surface area contributed by atoms with E-state index in [2.05, 4.69) is 96.1 Å². The van der Waals surface area contributed by atoms with E-state index in [9.17, 15) is 0 Å². The van der Waals surface area contributed by atoms with Gasteiger partial charge in [-0.1, -0.05) is 42.0 Å². The van der Waals surface area contributed by atoms with Crippen molar-refractivity contribution in [3.8, 4) is 5.69 Å². The molecule has 0 saturated heterocycles. The van der Waals surface area contributed by atoms with Gasteiger partial charge < -0.3 is 24.8 Å². The minimum atomic E-state index is 0. The van der Waals surface area contributed by atoms with Gasteiger partial charge in [0.05, 0.1) is 0 Å². The van der Waals surface area contributed by atoms with Gasteiger partial charge in [-0.05, 0) is 18.2 Å². The van der Waals surface area contributed by atoms with Gasteiger partial charge in [-0.25, -0.2) is 12.1 Å². The second-order valence-electron chi connectivity index (χ2n) is 6.25. The normalized spacial score (nSPS) is 9.38. The number of hydrogen-bond acceptors (Lipinski definition) is 1. The Morgan fingerprint density at radius 1 is 0.828 bits per heavy atom. The third-order valence-electron chi connectivity index (χ3n) is 4.35. The maximum absolute atomic E-state index is 4.20. The van der Waals surface area contributed by atoms with Gasteiger partial charge in [-0.2, -0.15) is 22.8 Å². The average molecular weight is 499 g/mol. The summed E-state index contributed by atoms with van der Waals surface area (Å²) in [7, 11) is 0. The zero-order valence-electron chi connectivity index (χ0n) is 15.7. The molecule has 0 radical (unpaired) electrons. The molecule has 0 unspecified atom stereocenters. The number of fused-ring (bicyclic) bond motifs is 1.